The van der Waals surface area contributed by atoms with E-state index in [9.17, 15) is 4.79 Å². The zero-order valence-corrected chi connectivity index (χ0v) is 12.7. The molecular formula is C16H20N4O2. The highest BCUT2D eigenvalue weighted by molar-refractivity contribution is 5.95. The molecule has 1 aliphatic rings. The molecule has 1 aliphatic heterocycles. The third-order valence-corrected chi connectivity index (χ3v) is 3.89. The molecule has 0 bridgehead atoms. The average molecular weight is 300 g/mol. The van der Waals surface area contributed by atoms with E-state index in [0.717, 1.165) is 31.1 Å². The average Bonchev–Trinajstić information content (AvgIpc) is 3.22. The fraction of sp³-hybridized carbons (Fsp3) is 0.438. The van der Waals surface area contributed by atoms with Crippen molar-refractivity contribution in [2.75, 3.05) is 19.8 Å². The first kappa shape index (κ1) is 14.7. The van der Waals surface area contributed by atoms with Crippen LogP contribution < -0.4 is 5.32 Å². The first-order chi connectivity index (χ1) is 10.8. The van der Waals surface area contributed by atoms with Crippen LogP contribution in [0.3, 0.4) is 0 Å². The second-order valence-electron chi connectivity index (χ2n) is 5.40. The van der Waals surface area contributed by atoms with E-state index < -0.39 is 0 Å². The molecule has 1 N–H and O–H groups in total. The van der Waals surface area contributed by atoms with Gasteiger partial charge in [0.2, 0.25) is 0 Å². The Labute approximate surface area is 129 Å². The van der Waals surface area contributed by atoms with Gasteiger partial charge in [0.1, 0.15) is 0 Å². The SMILES string of the molecule is CCc1c(C(=O)NCC2CCOC2)cnn1-c1ccccn1. The second kappa shape index (κ2) is 6.70. The number of hydrogen-bond donors (Lipinski definition) is 1. The molecule has 1 fully saturated rings. The van der Waals surface area contributed by atoms with E-state index in [1.807, 2.05) is 25.1 Å². The number of ether oxygens (including phenoxy) is 1. The first-order valence-corrected chi connectivity index (χ1v) is 7.64. The highest BCUT2D eigenvalue weighted by Crippen LogP contribution is 2.15. The normalized spacial score (nSPS) is 17.6. The number of carbonyl (C=O) groups excluding carboxylic acids is 1. The van der Waals surface area contributed by atoms with Crippen LogP contribution in [0.2, 0.25) is 0 Å². The summed E-state index contributed by atoms with van der Waals surface area (Å²) < 4.78 is 7.06. The third-order valence-electron chi connectivity index (χ3n) is 3.89. The maximum absolute atomic E-state index is 12.4. The van der Waals surface area contributed by atoms with Gasteiger partial charge in [-0.1, -0.05) is 13.0 Å². The van der Waals surface area contributed by atoms with Crippen molar-refractivity contribution in [2.24, 2.45) is 5.92 Å². The molecule has 0 saturated carbocycles. The van der Waals surface area contributed by atoms with Gasteiger partial charge in [-0.15, -0.1) is 0 Å². The fourth-order valence-electron chi connectivity index (χ4n) is 2.66. The molecule has 0 radical (unpaired) electrons. The van der Waals surface area contributed by atoms with E-state index in [2.05, 4.69) is 15.4 Å². The minimum Gasteiger partial charge on any atom is -0.381 e. The first-order valence-electron chi connectivity index (χ1n) is 7.64. The Balaban J connectivity index is 1.76. The van der Waals surface area contributed by atoms with Gasteiger partial charge < -0.3 is 10.1 Å². The standard InChI is InChI=1S/C16H20N4O2/c1-2-14-13(16(21)18-9-12-6-8-22-11-12)10-19-20(14)15-5-3-4-7-17-15/h3-5,7,10,12H,2,6,8-9,11H2,1H3,(H,18,21). The fourth-order valence-corrected chi connectivity index (χ4v) is 2.66. The lowest BCUT2D eigenvalue weighted by Crippen LogP contribution is -2.30. The molecule has 1 unspecified atom stereocenters. The van der Waals surface area contributed by atoms with Gasteiger partial charge in [-0.3, -0.25) is 4.79 Å². The van der Waals surface area contributed by atoms with Crippen LogP contribution in [0, 0.1) is 5.92 Å². The minimum atomic E-state index is -0.0778. The predicted octanol–water partition coefficient (Wildman–Crippen LogP) is 1.60. The summed E-state index contributed by atoms with van der Waals surface area (Å²) in [6.45, 7) is 4.18. The molecule has 22 heavy (non-hydrogen) atoms. The lowest BCUT2D eigenvalue weighted by molar-refractivity contribution is 0.0944. The second-order valence-corrected chi connectivity index (χ2v) is 5.40. The number of pyridine rings is 1. The van der Waals surface area contributed by atoms with Gasteiger partial charge in [-0.25, -0.2) is 9.67 Å². The van der Waals surface area contributed by atoms with Gasteiger partial charge in [0.25, 0.3) is 5.91 Å². The highest BCUT2D eigenvalue weighted by atomic mass is 16.5. The summed E-state index contributed by atoms with van der Waals surface area (Å²) in [6, 6.07) is 5.64. The van der Waals surface area contributed by atoms with Crippen LogP contribution in [-0.4, -0.2) is 40.4 Å². The largest absolute Gasteiger partial charge is 0.381 e. The van der Waals surface area contributed by atoms with Crippen LogP contribution in [0.25, 0.3) is 5.82 Å². The summed E-state index contributed by atoms with van der Waals surface area (Å²) >= 11 is 0. The van der Waals surface area contributed by atoms with Crippen molar-refractivity contribution in [3.63, 3.8) is 0 Å². The Bertz CT molecular complexity index is 633. The van der Waals surface area contributed by atoms with Crippen molar-refractivity contribution < 1.29 is 9.53 Å². The van der Waals surface area contributed by atoms with Gasteiger partial charge >= 0.3 is 0 Å². The number of nitrogens with zero attached hydrogens (tertiary/aromatic N) is 3. The molecule has 3 heterocycles. The molecule has 0 aliphatic carbocycles. The maximum Gasteiger partial charge on any atom is 0.254 e. The maximum atomic E-state index is 12.4. The number of carbonyl (C=O) groups is 1. The summed E-state index contributed by atoms with van der Waals surface area (Å²) in [4.78, 5) is 16.7. The van der Waals surface area contributed by atoms with Gasteiger partial charge in [0.15, 0.2) is 5.82 Å². The molecule has 2 aromatic rings. The molecule has 3 rings (SSSR count). The molecule has 1 atom stereocenters. The minimum absolute atomic E-state index is 0.0778. The lowest BCUT2D eigenvalue weighted by atomic mass is 10.1. The molecule has 1 amide bonds. The van der Waals surface area contributed by atoms with Gasteiger partial charge in [0, 0.05) is 25.3 Å². The van der Waals surface area contributed by atoms with Crippen molar-refractivity contribution in [1.82, 2.24) is 20.1 Å². The zero-order valence-electron chi connectivity index (χ0n) is 12.7. The van der Waals surface area contributed by atoms with Gasteiger partial charge in [-0.05, 0) is 25.0 Å². The van der Waals surface area contributed by atoms with E-state index >= 15 is 0 Å². The van der Waals surface area contributed by atoms with Crippen LogP contribution in [0.4, 0.5) is 0 Å². The van der Waals surface area contributed by atoms with Crippen molar-refractivity contribution in [3.05, 3.63) is 41.9 Å². The van der Waals surface area contributed by atoms with Crippen LogP contribution >= 0.6 is 0 Å². The molecule has 2 aromatic heterocycles. The third kappa shape index (κ3) is 3.01. The Morgan fingerprint density at radius 3 is 3.09 bits per heavy atom. The highest BCUT2D eigenvalue weighted by Gasteiger charge is 2.20. The van der Waals surface area contributed by atoms with E-state index in [1.54, 1.807) is 17.1 Å². The Kier molecular flexibility index (Phi) is 4.48. The van der Waals surface area contributed by atoms with Crippen LogP contribution in [-0.2, 0) is 11.2 Å². The number of aromatic nitrogens is 3. The number of hydrogen-bond acceptors (Lipinski definition) is 4. The van der Waals surface area contributed by atoms with Crippen molar-refractivity contribution in [2.45, 2.75) is 19.8 Å². The summed E-state index contributed by atoms with van der Waals surface area (Å²) in [5.41, 5.74) is 1.49. The Hall–Kier alpha value is -2.21. The van der Waals surface area contributed by atoms with Crippen LogP contribution in [0.5, 0.6) is 0 Å². The zero-order chi connectivity index (χ0) is 15.4. The number of amides is 1. The predicted molar refractivity (Wildman–Crippen MR) is 82.0 cm³/mol. The summed E-state index contributed by atoms with van der Waals surface area (Å²) in [5.74, 6) is 1.06. The molecule has 0 spiro atoms. The monoisotopic (exact) mass is 300 g/mol. The Morgan fingerprint density at radius 2 is 2.41 bits per heavy atom. The van der Waals surface area contributed by atoms with E-state index in [-0.39, 0.29) is 5.91 Å². The Morgan fingerprint density at radius 1 is 1.50 bits per heavy atom. The molecule has 0 aromatic carbocycles. The lowest BCUT2D eigenvalue weighted by Gasteiger charge is -2.10. The van der Waals surface area contributed by atoms with E-state index in [1.165, 1.54) is 0 Å². The van der Waals surface area contributed by atoms with E-state index in [4.69, 9.17) is 4.74 Å². The van der Waals surface area contributed by atoms with E-state index in [0.29, 0.717) is 24.4 Å². The molecular weight excluding hydrogens is 280 g/mol. The number of rotatable bonds is 5. The molecule has 6 nitrogen and oxygen atoms in total. The topological polar surface area (TPSA) is 69.0 Å². The smallest absolute Gasteiger partial charge is 0.254 e. The molecule has 116 valence electrons. The van der Waals surface area contributed by atoms with Gasteiger partial charge in [-0.2, -0.15) is 5.10 Å². The summed E-state index contributed by atoms with van der Waals surface area (Å²) in [7, 11) is 0. The summed E-state index contributed by atoms with van der Waals surface area (Å²) in [5, 5.41) is 7.31. The van der Waals surface area contributed by atoms with Crippen LogP contribution in [0.1, 0.15) is 29.4 Å². The van der Waals surface area contributed by atoms with Crippen molar-refractivity contribution >= 4 is 5.91 Å². The van der Waals surface area contributed by atoms with Crippen molar-refractivity contribution in [1.29, 1.82) is 0 Å². The quantitative estimate of drug-likeness (QED) is 0.910. The van der Waals surface area contributed by atoms with Crippen molar-refractivity contribution in [3.8, 4) is 5.82 Å². The van der Waals surface area contributed by atoms with Crippen LogP contribution in [0.15, 0.2) is 30.6 Å². The molecule has 1 saturated heterocycles. The molecule has 6 heteroatoms. The number of nitrogens with one attached hydrogen (secondary N) is 1. The van der Waals surface area contributed by atoms with Gasteiger partial charge in [0.05, 0.1) is 24.1 Å². The summed E-state index contributed by atoms with van der Waals surface area (Å²) in [6.07, 6.45) is 5.06.